The van der Waals surface area contributed by atoms with Gasteiger partial charge in [0.05, 0.1) is 18.3 Å². The summed E-state index contributed by atoms with van der Waals surface area (Å²) in [5.41, 5.74) is 1.53. The second kappa shape index (κ2) is 6.87. The summed E-state index contributed by atoms with van der Waals surface area (Å²) in [5, 5.41) is 9.55. The van der Waals surface area contributed by atoms with Crippen molar-refractivity contribution < 1.29 is 4.39 Å². The third kappa shape index (κ3) is 3.00. The molecule has 1 aromatic carbocycles. The number of hydrazone groups is 1. The molecule has 0 saturated heterocycles. The van der Waals surface area contributed by atoms with Crippen LogP contribution in [0, 0.1) is 5.82 Å². The Bertz CT molecular complexity index is 1240. The SMILES string of the molecule is CC1=NN(CCNc2ccc(F)cc2)c2nc3c(c(=O)n(C)c(=O)n3C)n2[C@H]1C. The summed E-state index contributed by atoms with van der Waals surface area (Å²) in [7, 11) is 3.06. The highest BCUT2D eigenvalue weighted by Gasteiger charge is 2.30. The van der Waals surface area contributed by atoms with Crippen LogP contribution in [-0.4, -0.2) is 37.5 Å². The Morgan fingerprint density at radius 3 is 2.52 bits per heavy atom. The second-order valence-electron chi connectivity index (χ2n) is 7.13. The minimum Gasteiger partial charge on any atom is -0.383 e. The molecule has 1 atom stereocenters. The summed E-state index contributed by atoms with van der Waals surface area (Å²) < 4.78 is 17.3. The number of aryl methyl sites for hydroxylation is 1. The van der Waals surface area contributed by atoms with Crippen LogP contribution < -0.4 is 21.6 Å². The molecule has 0 spiro atoms. The minimum absolute atomic E-state index is 0.165. The number of nitrogens with zero attached hydrogens (tertiary/aromatic N) is 6. The van der Waals surface area contributed by atoms with E-state index in [4.69, 9.17) is 0 Å². The molecule has 152 valence electrons. The Morgan fingerprint density at radius 2 is 1.83 bits per heavy atom. The molecular formula is C19H22FN7O2. The first-order chi connectivity index (χ1) is 13.8. The topological polar surface area (TPSA) is 89.5 Å². The molecule has 0 aliphatic carbocycles. The third-order valence-corrected chi connectivity index (χ3v) is 5.27. The van der Waals surface area contributed by atoms with Gasteiger partial charge in [0.1, 0.15) is 5.82 Å². The predicted molar refractivity (Wildman–Crippen MR) is 110 cm³/mol. The molecule has 1 N–H and O–H groups in total. The maximum atomic E-state index is 13.1. The molecule has 0 unspecified atom stereocenters. The molecule has 4 rings (SSSR count). The van der Waals surface area contributed by atoms with E-state index < -0.39 is 5.69 Å². The van der Waals surface area contributed by atoms with Crippen LogP contribution in [0.4, 0.5) is 16.0 Å². The van der Waals surface area contributed by atoms with E-state index in [1.165, 1.54) is 23.7 Å². The summed E-state index contributed by atoms with van der Waals surface area (Å²) >= 11 is 0. The maximum Gasteiger partial charge on any atom is 0.332 e. The van der Waals surface area contributed by atoms with Crippen LogP contribution in [0.1, 0.15) is 19.9 Å². The van der Waals surface area contributed by atoms with Crippen molar-refractivity contribution in [3.05, 3.63) is 50.9 Å². The molecule has 10 heteroatoms. The van der Waals surface area contributed by atoms with Gasteiger partial charge in [0.2, 0.25) is 5.95 Å². The number of nitrogens with one attached hydrogen (secondary N) is 1. The highest BCUT2D eigenvalue weighted by molar-refractivity contribution is 5.91. The van der Waals surface area contributed by atoms with Crippen molar-refractivity contribution >= 4 is 28.5 Å². The Kier molecular flexibility index (Phi) is 4.48. The smallest absolute Gasteiger partial charge is 0.332 e. The van der Waals surface area contributed by atoms with E-state index in [0.717, 1.165) is 16.0 Å². The highest BCUT2D eigenvalue weighted by Crippen LogP contribution is 2.29. The lowest BCUT2D eigenvalue weighted by molar-refractivity contribution is 0.628. The molecular weight excluding hydrogens is 377 g/mol. The van der Waals surface area contributed by atoms with Crippen LogP contribution in [0.15, 0.2) is 39.0 Å². The van der Waals surface area contributed by atoms with Crippen LogP contribution in [0.25, 0.3) is 11.2 Å². The Morgan fingerprint density at radius 1 is 1.14 bits per heavy atom. The average Bonchev–Trinajstić information content (AvgIpc) is 3.11. The summed E-state index contributed by atoms with van der Waals surface area (Å²) in [6.45, 7) is 4.84. The number of anilines is 2. The van der Waals surface area contributed by atoms with Gasteiger partial charge in [0.15, 0.2) is 11.2 Å². The van der Waals surface area contributed by atoms with E-state index >= 15 is 0 Å². The Hall–Kier alpha value is -3.43. The van der Waals surface area contributed by atoms with E-state index in [1.807, 2.05) is 18.4 Å². The van der Waals surface area contributed by atoms with E-state index in [0.29, 0.717) is 30.2 Å². The first-order valence-electron chi connectivity index (χ1n) is 9.29. The summed E-state index contributed by atoms with van der Waals surface area (Å²) in [4.78, 5) is 29.7. The van der Waals surface area contributed by atoms with E-state index in [1.54, 1.807) is 24.2 Å². The standard InChI is InChI=1S/C19H22FN7O2/c1-11-12(2)27-15-16(24(3)19(29)25(4)17(15)28)22-18(27)26(23-11)10-9-21-14-7-5-13(20)6-8-14/h5-8,12,21H,9-10H2,1-4H3/t12-/m0/s1. The quantitative estimate of drug-likeness (QED) is 0.717. The van der Waals surface area contributed by atoms with E-state index in [9.17, 15) is 14.0 Å². The molecule has 0 radical (unpaired) electrons. The fourth-order valence-electron chi connectivity index (χ4n) is 3.48. The van der Waals surface area contributed by atoms with Crippen molar-refractivity contribution in [2.45, 2.75) is 19.9 Å². The summed E-state index contributed by atoms with van der Waals surface area (Å²) in [6.07, 6.45) is 0. The van der Waals surface area contributed by atoms with Crippen LogP contribution in [-0.2, 0) is 14.1 Å². The summed E-state index contributed by atoms with van der Waals surface area (Å²) in [5.74, 6) is 0.221. The van der Waals surface area contributed by atoms with E-state index in [-0.39, 0.29) is 17.4 Å². The monoisotopic (exact) mass is 399 g/mol. The highest BCUT2D eigenvalue weighted by atomic mass is 19.1. The molecule has 0 amide bonds. The first-order valence-corrected chi connectivity index (χ1v) is 9.29. The maximum absolute atomic E-state index is 13.1. The van der Waals surface area contributed by atoms with Crippen molar-refractivity contribution in [1.29, 1.82) is 0 Å². The Balaban J connectivity index is 1.72. The van der Waals surface area contributed by atoms with Crippen LogP contribution in [0.5, 0.6) is 0 Å². The van der Waals surface area contributed by atoms with Crippen LogP contribution in [0.2, 0.25) is 0 Å². The van der Waals surface area contributed by atoms with Gasteiger partial charge in [0, 0.05) is 26.3 Å². The fraction of sp³-hybridized carbons (Fsp3) is 0.368. The average molecular weight is 399 g/mol. The molecule has 1 aliphatic heterocycles. The zero-order valence-corrected chi connectivity index (χ0v) is 16.7. The number of imidazole rings is 1. The van der Waals surface area contributed by atoms with Gasteiger partial charge in [-0.3, -0.25) is 18.5 Å². The number of hydrogen-bond donors (Lipinski definition) is 1. The van der Waals surface area contributed by atoms with Gasteiger partial charge in [-0.15, -0.1) is 0 Å². The number of fused-ring (bicyclic) bond motifs is 3. The van der Waals surface area contributed by atoms with Gasteiger partial charge in [-0.25, -0.2) is 14.2 Å². The second-order valence-corrected chi connectivity index (χ2v) is 7.13. The van der Waals surface area contributed by atoms with Crippen molar-refractivity contribution in [2.24, 2.45) is 19.2 Å². The molecule has 0 fully saturated rings. The molecule has 29 heavy (non-hydrogen) atoms. The molecule has 2 aromatic heterocycles. The lowest BCUT2D eigenvalue weighted by Crippen LogP contribution is -2.39. The molecule has 9 nitrogen and oxygen atoms in total. The predicted octanol–water partition coefficient (Wildman–Crippen LogP) is 1.44. The zero-order valence-electron chi connectivity index (χ0n) is 16.7. The molecule has 0 saturated carbocycles. The van der Waals surface area contributed by atoms with Gasteiger partial charge in [-0.1, -0.05) is 0 Å². The minimum atomic E-state index is -0.423. The molecule has 0 bridgehead atoms. The van der Waals surface area contributed by atoms with Crippen LogP contribution >= 0.6 is 0 Å². The number of benzene rings is 1. The molecule has 1 aliphatic rings. The third-order valence-electron chi connectivity index (χ3n) is 5.27. The van der Waals surface area contributed by atoms with Crippen molar-refractivity contribution in [3.63, 3.8) is 0 Å². The Labute approximate surface area is 165 Å². The number of rotatable bonds is 4. The van der Waals surface area contributed by atoms with Crippen LogP contribution in [0.3, 0.4) is 0 Å². The first kappa shape index (κ1) is 18.9. The lowest BCUT2D eigenvalue weighted by Gasteiger charge is -2.29. The molecule has 3 heterocycles. The number of halogens is 1. The largest absolute Gasteiger partial charge is 0.383 e. The van der Waals surface area contributed by atoms with Gasteiger partial charge in [-0.05, 0) is 38.1 Å². The van der Waals surface area contributed by atoms with Crippen molar-refractivity contribution in [2.75, 3.05) is 23.4 Å². The number of aromatic nitrogens is 4. The van der Waals surface area contributed by atoms with Crippen molar-refractivity contribution in [3.8, 4) is 0 Å². The zero-order chi connectivity index (χ0) is 20.9. The van der Waals surface area contributed by atoms with Gasteiger partial charge < -0.3 is 5.32 Å². The normalized spacial score (nSPS) is 16.1. The number of hydrogen-bond acceptors (Lipinski definition) is 6. The van der Waals surface area contributed by atoms with E-state index in [2.05, 4.69) is 15.4 Å². The summed E-state index contributed by atoms with van der Waals surface area (Å²) in [6, 6.07) is 5.95. The van der Waals surface area contributed by atoms with Gasteiger partial charge in [-0.2, -0.15) is 10.1 Å². The lowest BCUT2D eigenvalue weighted by atomic mass is 10.2. The van der Waals surface area contributed by atoms with Gasteiger partial charge in [0.25, 0.3) is 5.56 Å². The fourth-order valence-corrected chi connectivity index (χ4v) is 3.48. The van der Waals surface area contributed by atoms with Crippen molar-refractivity contribution in [1.82, 2.24) is 18.7 Å². The van der Waals surface area contributed by atoms with Gasteiger partial charge >= 0.3 is 5.69 Å². The molecule has 3 aromatic rings.